The van der Waals surface area contributed by atoms with Crippen LogP contribution in [0.4, 0.5) is 0 Å². The SMILES string of the molecule is C=C(C)C(=O)OCCC[Si](OCCOC)(OCCOC)OCCOC.CO[Si](CCCS)(OC)OC. The number of rotatable bonds is 23. The number of carbonyl (C=O) groups is 1. The first-order valence-corrected chi connectivity index (χ1v) is 16.2. The first-order valence-electron chi connectivity index (χ1n) is 11.7. The third-order valence-electron chi connectivity index (χ3n) is 4.61. The van der Waals surface area contributed by atoms with E-state index in [4.69, 9.17) is 45.5 Å². The second-order valence-electron chi connectivity index (χ2n) is 7.35. The van der Waals surface area contributed by atoms with Gasteiger partial charge in [-0.3, -0.25) is 0 Å². The van der Waals surface area contributed by atoms with Crippen molar-refractivity contribution in [2.24, 2.45) is 0 Å². The smallest absolute Gasteiger partial charge is 0.462 e. The number of esters is 1. The molecule has 0 bridgehead atoms. The lowest BCUT2D eigenvalue weighted by molar-refractivity contribution is -0.139. The molecular weight excluding hydrogens is 528 g/mol. The van der Waals surface area contributed by atoms with Crippen LogP contribution < -0.4 is 0 Å². The zero-order chi connectivity index (χ0) is 27.7. The molecule has 0 radical (unpaired) electrons. The maximum absolute atomic E-state index is 11.4. The molecule has 0 aliphatic rings. The summed E-state index contributed by atoms with van der Waals surface area (Å²) in [5, 5.41) is 0. The zero-order valence-corrected chi connectivity index (χ0v) is 26.0. The van der Waals surface area contributed by atoms with Crippen molar-refractivity contribution in [1.29, 1.82) is 0 Å². The van der Waals surface area contributed by atoms with Crippen molar-refractivity contribution in [2.45, 2.75) is 31.9 Å². The van der Waals surface area contributed by atoms with E-state index in [0.29, 0.717) is 57.7 Å². The van der Waals surface area contributed by atoms with E-state index in [-0.39, 0.29) is 6.61 Å². The Bertz CT molecular complexity index is 505. The molecule has 36 heavy (non-hydrogen) atoms. The summed E-state index contributed by atoms with van der Waals surface area (Å²) in [6.45, 7) is 7.76. The zero-order valence-electron chi connectivity index (χ0n) is 23.1. The highest BCUT2D eigenvalue weighted by atomic mass is 32.1. The molecule has 0 rings (SSSR count). The molecule has 14 heteroatoms. The Kier molecular flexibility index (Phi) is 26.2. The summed E-state index contributed by atoms with van der Waals surface area (Å²) in [4.78, 5) is 11.4. The minimum atomic E-state index is -2.96. The number of ether oxygens (including phenoxy) is 4. The van der Waals surface area contributed by atoms with Gasteiger partial charge < -0.3 is 45.5 Å². The maximum atomic E-state index is 11.4. The van der Waals surface area contributed by atoms with E-state index in [2.05, 4.69) is 19.2 Å². The van der Waals surface area contributed by atoms with E-state index < -0.39 is 23.6 Å². The Labute approximate surface area is 225 Å². The Balaban J connectivity index is 0. The maximum Gasteiger partial charge on any atom is 0.501 e. The normalized spacial score (nSPS) is 11.7. The monoisotopic (exact) mass is 576 g/mol. The molecule has 0 saturated heterocycles. The van der Waals surface area contributed by atoms with Gasteiger partial charge in [0.05, 0.1) is 46.2 Å². The highest BCUT2D eigenvalue weighted by molar-refractivity contribution is 7.80. The van der Waals surface area contributed by atoms with Crippen LogP contribution in [-0.4, -0.2) is 118 Å². The summed E-state index contributed by atoms with van der Waals surface area (Å²) in [5.74, 6) is 0.429. The van der Waals surface area contributed by atoms with Crippen LogP contribution in [0.2, 0.25) is 12.1 Å². The first-order chi connectivity index (χ1) is 17.3. The number of thiol groups is 1. The lowest BCUT2D eigenvalue weighted by Crippen LogP contribution is -2.48. The minimum absolute atomic E-state index is 0.245. The van der Waals surface area contributed by atoms with Crippen molar-refractivity contribution in [3.63, 3.8) is 0 Å². The van der Waals surface area contributed by atoms with Crippen molar-refractivity contribution < 1.29 is 50.3 Å². The molecule has 0 unspecified atom stereocenters. The van der Waals surface area contributed by atoms with E-state index in [0.717, 1.165) is 18.2 Å². The lowest BCUT2D eigenvalue weighted by Gasteiger charge is -2.29. The van der Waals surface area contributed by atoms with Gasteiger partial charge in [-0.05, 0) is 25.5 Å². The van der Waals surface area contributed by atoms with Crippen LogP contribution in [-0.2, 0) is 50.3 Å². The van der Waals surface area contributed by atoms with Gasteiger partial charge in [0.2, 0.25) is 0 Å². The lowest BCUT2D eigenvalue weighted by atomic mass is 10.4. The van der Waals surface area contributed by atoms with Gasteiger partial charge in [-0.2, -0.15) is 12.6 Å². The van der Waals surface area contributed by atoms with Gasteiger partial charge in [0.25, 0.3) is 0 Å². The molecule has 0 heterocycles. The van der Waals surface area contributed by atoms with Crippen LogP contribution in [0.5, 0.6) is 0 Å². The van der Waals surface area contributed by atoms with Gasteiger partial charge >= 0.3 is 23.6 Å². The first kappa shape index (κ1) is 37.8. The van der Waals surface area contributed by atoms with Gasteiger partial charge in [0.1, 0.15) is 0 Å². The average Bonchev–Trinajstić information content (AvgIpc) is 2.88. The topological polar surface area (TPSA) is 109 Å². The Morgan fingerprint density at radius 3 is 1.42 bits per heavy atom. The molecule has 0 amide bonds. The molecular formula is C22H48O11SSi2. The molecule has 0 aliphatic carbocycles. The fourth-order valence-electron chi connectivity index (χ4n) is 2.61. The summed E-state index contributed by atoms with van der Waals surface area (Å²) in [7, 11) is 4.42. The molecule has 216 valence electrons. The Morgan fingerprint density at radius 2 is 1.08 bits per heavy atom. The summed E-state index contributed by atoms with van der Waals surface area (Å²) in [5.41, 5.74) is 0.368. The second-order valence-corrected chi connectivity index (χ2v) is 13.6. The highest BCUT2D eigenvalue weighted by Crippen LogP contribution is 2.19. The molecule has 0 aliphatic heterocycles. The predicted molar refractivity (Wildman–Crippen MR) is 144 cm³/mol. The van der Waals surface area contributed by atoms with Gasteiger partial charge in [0.15, 0.2) is 0 Å². The van der Waals surface area contributed by atoms with E-state index in [1.54, 1.807) is 49.6 Å². The molecule has 0 fully saturated rings. The molecule has 0 aromatic rings. The molecule has 0 N–H and O–H groups in total. The van der Waals surface area contributed by atoms with Crippen LogP contribution in [0, 0.1) is 0 Å². The molecule has 0 aromatic carbocycles. The Morgan fingerprint density at radius 1 is 0.667 bits per heavy atom. The van der Waals surface area contributed by atoms with E-state index in [1.165, 1.54) is 0 Å². The van der Waals surface area contributed by atoms with Gasteiger partial charge in [0, 0.05) is 60.3 Å². The van der Waals surface area contributed by atoms with Crippen molar-refractivity contribution in [1.82, 2.24) is 0 Å². The van der Waals surface area contributed by atoms with Crippen LogP contribution in [0.3, 0.4) is 0 Å². The Hall–Kier alpha value is -0.366. The number of carbonyl (C=O) groups excluding carboxylic acids is 1. The van der Waals surface area contributed by atoms with Crippen molar-refractivity contribution in [3.05, 3.63) is 12.2 Å². The number of hydrogen-bond donors (Lipinski definition) is 1. The fourth-order valence-corrected chi connectivity index (χ4v) is 7.23. The molecule has 0 atom stereocenters. The van der Waals surface area contributed by atoms with Crippen molar-refractivity contribution in [3.8, 4) is 0 Å². The van der Waals surface area contributed by atoms with Gasteiger partial charge in [-0.25, -0.2) is 4.79 Å². The standard InChI is InChI=1S/C16H32O8Si.C6H16O3SSi/c1-15(2)16(17)21-7-6-14-25(22-11-8-18-3,23-12-9-19-4)24-13-10-20-5;1-7-11(8-2,9-3)6-4-5-10/h1,6-14H2,2-5H3;10H,4-6H2,1-3H3. The summed E-state index contributed by atoms with van der Waals surface area (Å²) < 4.78 is 53.6. The van der Waals surface area contributed by atoms with Gasteiger partial charge in [-0.1, -0.05) is 6.58 Å². The molecule has 11 nitrogen and oxygen atoms in total. The second kappa shape index (κ2) is 24.9. The summed E-state index contributed by atoms with van der Waals surface area (Å²) in [6, 6.07) is 1.34. The van der Waals surface area contributed by atoms with Crippen LogP contribution in [0.15, 0.2) is 12.2 Å². The van der Waals surface area contributed by atoms with Gasteiger partial charge in [-0.15, -0.1) is 0 Å². The average molecular weight is 577 g/mol. The predicted octanol–water partition coefficient (Wildman–Crippen LogP) is 2.61. The van der Waals surface area contributed by atoms with Crippen molar-refractivity contribution >= 4 is 36.2 Å². The number of methoxy groups -OCH3 is 3. The molecule has 0 aromatic heterocycles. The summed E-state index contributed by atoms with van der Waals surface area (Å²) in [6.07, 6.45) is 1.52. The third kappa shape index (κ3) is 18.8. The highest BCUT2D eigenvalue weighted by Gasteiger charge is 2.41. The minimum Gasteiger partial charge on any atom is -0.462 e. The van der Waals surface area contributed by atoms with Crippen LogP contribution in [0.1, 0.15) is 19.8 Å². The largest absolute Gasteiger partial charge is 0.501 e. The van der Waals surface area contributed by atoms with E-state index in [1.807, 2.05) is 0 Å². The molecule has 0 saturated carbocycles. The van der Waals surface area contributed by atoms with Crippen LogP contribution in [0.25, 0.3) is 0 Å². The quantitative estimate of drug-likeness (QED) is 0.0637. The van der Waals surface area contributed by atoms with Crippen molar-refractivity contribution in [2.75, 3.05) is 94.7 Å². The number of hydrogen-bond acceptors (Lipinski definition) is 12. The summed E-state index contributed by atoms with van der Waals surface area (Å²) >= 11 is 4.10. The van der Waals surface area contributed by atoms with Crippen LogP contribution >= 0.6 is 12.6 Å². The van der Waals surface area contributed by atoms with E-state index >= 15 is 0 Å². The molecule has 0 spiro atoms. The van der Waals surface area contributed by atoms with E-state index in [9.17, 15) is 4.79 Å². The fraction of sp³-hybridized carbons (Fsp3) is 0.864. The third-order valence-corrected chi connectivity index (χ3v) is 10.7.